The van der Waals surface area contributed by atoms with Gasteiger partial charge < -0.3 is 10.1 Å². The van der Waals surface area contributed by atoms with E-state index in [4.69, 9.17) is 9.90 Å². The summed E-state index contributed by atoms with van der Waals surface area (Å²) in [5, 5.41) is 11.3. The number of carboxylic acids is 1. The van der Waals surface area contributed by atoms with Gasteiger partial charge in [-0.15, -0.1) is 0 Å². The van der Waals surface area contributed by atoms with Crippen molar-refractivity contribution in [3.05, 3.63) is 85.1 Å². The van der Waals surface area contributed by atoms with Gasteiger partial charge in [-0.05, 0) is 28.3 Å². The van der Waals surface area contributed by atoms with Crippen LogP contribution in [-0.2, 0) is 4.79 Å². The maximum Gasteiger partial charge on any atom is 0.300 e. The number of H-pyrrole nitrogens is 1. The van der Waals surface area contributed by atoms with Gasteiger partial charge in [-0.25, -0.2) is 0 Å². The molecule has 0 spiro atoms. The van der Waals surface area contributed by atoms with Gasteiger partial charge >= 0.3 is 0 Å². The van der Waals surface area contributed by atoms with Crippen molar-refractivity contribution in [3.8, 4) is 0 Å². The number of hydrogen-bond acceptors (Lipinski definition) is 1. The predicted octanol–water partition coefficient (Wildman–Crippen LogP) is 5.10. The third-order valence-corrected chi connectivity index (χ3v) is 3.12. The van der Waals surface area contributed by atoms with Crippen molar-refractivity contribution in [2.24, 2.45) is 0 Å². The lowest BCUT2D eigenvalue weighted by molar-refractivity contribution is -0.134. The fraction of sp³-hybridized carbons (Fsp3) is 0.0500. The molecule has 1 heterocycles. The van der Waals surface area contributed by atoms with E-state index in [1.165, 1.54) is 21.7 Å². The molecule has 1 aromatic heterocycles. The highest BCUT2D eigenvalue weighted by atomic mass is 16.4. The van der Waals surface area contributed by atoms with Crippen molar-refractivity contribution >= 4 is 27.6 Å². The lowest BCUT2D eigenvalue weighted by atomic mass is 10.1. The molecule has 4 aromatic rings. The van der Waals surface area contributed by atoms with E-state index in [1.807, 2.05) is 18.3 Å². The number of aromatic amines is 1. The molecule has 0 unspecified atom stereocenters. The summed E-state index contributed by atoms with van der Waals surface area (Å²) in [6, 6.07) is 27.0. The predicted molar refractivity (Wildman–Crippen MR) is 95.6 cm³/mol. The second-order valence-electron chi connectivity index (χ2n) is 4.93. The highest BCUT2D eigenvalue weighted by Crippen LogP contribution is 2.11. The van der Waals surface area contributed by atoms with Crippen LogP contribution in [0.15, 0.2) is 85.1 Å². The maximum atomic E-state index is 9.00. The van der Waals surface area contributed by atoms with Crippen molar-refractivity contribution in [2.45, 2.75) is 6.92 Å². The lowest BCUT2D eigenvalue weighted by Gasteiger charge is -1.92. The Morgan fingerprint density at radius 1 is 0.739 bits per heavy atom. The number of rotatable bonds is 0. The SMILES string of the molecule is CC(=O)O.c1ccc2[nH]ccc2c1.c1ccc2ccccc2c1. The zero-order valence-electron chi connectivity index (χ0n) is 12.9. The van der Waals surface area contributed by atoms with Gasteiger partial charge in [-0.3, -0.25) is 4.79 Å². The fourth-order valence-corrected chi connectivity index (χ4v) is 2.13. The first-order valence-corrected chi connectivity index (χ1v) is 7.32. The van der Waals surface area contributed by atoms with Crippen molar-refractivity contribution in [1.82, 2.24) is 4.98 Å². The van der Waals surface area contributed by atoms with Crippen LogP contribution in [0.25, 0.3) is 21.7 Å². The summed E-state index contributed by atoms with van der Waals surface area (Å²) in [6.07, 6.45) is 1.95. The van der Waals surface area contributed by atoms with Gasteiger partial charge in [0.05, 0.1) is 0 Å². The molecule has 23 heavy (non-hydrogen) atoms. The van der Waals surface area contributed by atoms with Gasteiger partial charge in [-0.1, -0.05) is 66.7 Å². The first kappa shape index (κ1) is 16.3. The zero-order valence-corrected chi connectivity index (χ0v) is 12.9. The third-order valence-electron chi connectivity index (χ3n) is 3.12. The van der Waals surface area contributed by atoms with Crippen LogP contribution in [0.4, 0.5) is 0 Å². The molecule has 0 saturated heterocycles. The average Bonchev–Trinajstić information content (AvgIpc) is 3.04. The van der Waals surface area contributed by atoms with Gasteiger partial charge in [0.15, 0.2) is 0 Å². The molecule has 2 N–H and O–H groups in total. The van der Waals surface area contributed by atoms with Crippen molar-refractivity contribution in [3.63, 3.8) is 0 Å². The monoisotopic (exact) mass is 305 g/mol. The Hall–Kier alpha value is -3.07. The van der Waals surface area contributed by atoms with Crippen LogP contribution in [0, 0.1) is 0 Å². The van der Waals surface area contributed by atoms with Crippen molar-refractivity contribution in [2.75, 3.05) is 0 Å². The summed E-state index contributed by atoms with van der Waals surface area (Å²) >= 11 is 0. The number of para-hydroxylation sites is 1. The number of aromatic nitrogens is 1. The molecule has 0 aliphatic rings. The number of fused-ring (bicyclic) bond motifs is 2. The quantitative estimate of drug-likeness (QED) is 0.475. The van der Waals surface area contributed by atoms with Crippen molar-refractivity contribution < 1.29 is 9.90 Å². The number of carbonyl (C=O) groups is 1. The average molecular weight is 305 g/mol. The van der Waals surface area contributed by atoms with Crippen LogP contribution in [0.5, 0.6) is 0 Å². The second kappa shape index (κ2) is 8.39. The molecule has 0 radical (unpaired) electrons. The maximum absolute atomic E-state index is 9.00. The first-order valence-electron chi connectivity index (χ1n) is 7.32. The van der Waals surface area contributed by atoms with Crippen LogP contribution >= 0.6 is 0 Å². The molecule has 0 saturated carbocycles. The molecule has 0 amide bonds. The highest BCUT2D eigenvalue weighted by Gasteiger charge is 1.87. The van der Waals surface area contributed by atoms with E-state index in [0.29, 0.717) is 0 Å². The molecule has 0 fully saturated rings. The number of nitrogens with one attached hydrogen (secondary N) is 1. The molecule has 3 nitrogen and oxygen atoms in total. The van der Waals surface area contributed by atoms with Gasteiger partial charge in [0.1, 0.15) is 0 Å². The fourth-order valence-electron chi connectivity index (χ4n) is 2.13. The molecule has 0 atom stereocenters. The Morgan fingerprint density at radius 2 is 1.13 bits per heavy atom. The van der Waals surface area contributed by atoms with Gasteiger partial charge in [0, 0.05) is 18.6 Å². The molecule has 0 aliphatic carbocycles. The van der Waals surface area contributed by atoms with Crippen LogP contribution < -0.4 is 0 Å². The van der Waals surface area contributed by atoms with E-state index in [2.05, 4.69) is 71.7 Å². The van der Waals surface area contributed by atoms with Crippen LogP contribution in [0.1, 0.15) is 6.92 Å². The van der Waals surface area contributed by atoms with E-state index in [-0.39, 0.29) is 0 Å². The Morgan fingerprint density at radius 3 is 1.57 bits per heavy atom. The van der Waals surface area contributed by atoms with Gasteiger partial charge in [0.25, 0.3) is 5.97 Å². The topological polar surface area (TPSA) is 53.1 Å². The summed E-state index contributed by atoms with van der Waals surface area (Å²) in [4.78, 5) is 12.1. The minimum absolute atomic E-state index is 0.833. The Balaban J connectivity index is 0.000000137. The Labute approximate surface area is 135 Å². The van der Waals surface area contributed by atoms with E-state index < -0.39 is 5.97 Å². The summed E-state index contributed by atoms with van der Waals surface area (Å²) in [7, 11) is 0. The molecule has 0 aliphatic heterocycles. The smallest absolute Gasteiger partial charge is 0.300 e. The molecule has 3 aromatic carbocycles. The number of hydrogen-bond donors (Lipinski definition) is 2. The second-order valence-corrected chi connectivity index (χ2v) is 4.93. The Bertz CT molecular complexity index is 781. The Kier molecular flexibility index (Phi) is 5.95. The third kappa shape index (κ3) is 5.32. The van der Waals surface area contributed by atoms with E-state index in [9.17, 15) is 0 Å². The van der Waals surface area contributed by atoms with E-state index in [1.54, 1.807) is 0 Å². The minimum Gasteiger partial charge on any atom is -0.481 e. The summed E-state index contributed by atoms with van der Waals surface area (Å²) in [5.41, 5.74) is 1.21. The van der Waals surface area contributed by atoms with Crippen molar-refractivity contribution in [1.29, 1.82) is 0 Å². The molecule has 3 heteroatoms. The number of carboxylic acid groups (broad SMARTS) is 1. The van der Waals surface area contributed by atoms with E-state index in [0.717, 1.165) is 6.92 Å². The molecule has 0 bridgehead atoms. The highest BCUT2D eigenvalue weighted by molar-refractivity contribution is 5.82. The molecular weight excluding hydrogens is 286 g/mol. The minimum atomic E-state index is -0.833. The largest absolute Gasteiger partial charge is 0.481 e. The summed E-state index contributed by atoms with van der Waals surface area (Å²) in [5.74, 6) is -0.833. The van der Waals surface area contributed by atoms with Gasteiger partial charge in [0.2, 0.25) is 0 Å². The van der Waals surface area contributed by atoms with Crippen LogP contribution in [-0.4, -0.2) is 16.1 Å². The zero-order chi connectivity index (χ0) is 16.5. The normalized spacial score (nSPS) is 9.43. The first-order chi connectivity index (χ1) is 11.2. The summed E-state index contributed by atoms with van der Waals surface area (Å²) < 4.78 is 0. The number of benzene rings is 3. The van der Waals surface area contributed by atoms with Crippen LogP contribution in [0.3, 0.4) is 0 Å². The summed E-state index contributed by atoms with van der Waals surface area (Å²) in [6.45, 7) is 1.08. The molecule has 116 valence electrons. The van der Waals surface area contributed by atoms with Gasteiger partial charge in [-0.2, -0.15) is 0 Å². The standard InChI is InChI=1S/C10H8.C8H7N.C2H4O2/c1-2-6-10-8-4-3-7-9(10)5-1;1-2-4-8-7(3-1)5-6-9-8;1-2(3)4/h1-8H;1-6,9H;1H3,(H,3,4). The number of aliphatic carboxylic acids is 1. The van der Waals surface area contributed by atoms with Crippen LogP contribution in [0.2, 0.25) is 0 Å². The van der Waals surface area contributed by atoms with E-state index >= 15 is 0 Å². The molecular formula is C20H19NO2. The lowest BCUT2D eigenvalue weighted by Crippen LogP contribution is -1.78. The molecule has 4 rings (SSSR count).